The Labute approximate surface area is 195 Å². The Morgan fingerprint density at radius 1 is 1.09 bits per heavy atom. The number of nitrogens with zero attached hydrogens (tertiary/aromatic N) is 1. The van der Waals surface area contributed by atoms with E-state index in [1.54, 1.807) is 30.3 Å². The van der Waals surface area contributed by atoms with E-state index >= 15 is 0 Å². The molecule has 0 bridgehead atoms. The second-order valence-corrected chi connectivity index (χ2v) is 11.3. The first-order valence-corrected chi connectivity index (χ1v) is 12.7. The van der Waals surface area contributed by atoms with E-state index in [9.17, 15) is 23.4 Å². The molecule has 2 atom stereocenters. The van der Waals surface area contributed by atoms with Gasteiger partial charge in [0.2, 0.25) is 0 Å². The van der Waals surface area contributed by atoms with Gasteiger partial charge in [-0.3, -0.25) is 4.79 Å². The van der Waals surface area contributed by atoms with Crippen molar-refractivity contribution in [1.82, 2.24) is 4.31 Å². The minimum absolute atomic E-state index is 0.0692. The summed E-state index contributed by atoms with van der Waals surface area (Å²) in [5.41, 5.74) is 0.0381. The summed E-state index contributed by atoms with van der Waals surface area (Å²) in [6.07, 6.45) is 0.331. The van der Waals surface area contributed by atoms with Crippen LogP contribution in [0.1, 0.15) is 24.3 Å². The number of thiophene rings is 1. The summed E-state index contributed by atoms with van der Waals surface area (Å²) in [5.74, 6) is -1.63. The zero-order chi connectivity index (χ0) is 22.9. The third-order valence-corrected chi connectivity index (χ3v) is 9.52. The van der Waals surface area contributed by atoms with Gasteiger partial charge < -0.3 is 10.2 Å². The van der Waals surface area contributed by atoms with Gasteiger partial charge in [0.05, 0.1) is 0 Å². The highest BCUT2D eigenvalue weighted by molar-refractivity contribution is 7.91. The average Bonchev–Trinajstić information content (AvgIpc) is 3.33. The van der Waals surface area contributed by atoms with Gasteiger partial charge in [-0.25, -0.2) is 8.42 Å². The van der Waals surface area contributed by atoms with Gasteiger partial charge in [-0.1, -0.05) is 54.1 Å². The van der Waals surface area contributed by atoms with Crippen molar-refractivity contribution in [2.45, 2.75) is 28.5 Å². The zero-order valence-electron chi connectivity index (χ0n) is 17.0. The van der Waals surface area contributed by atoms with Crippen molar-refractivity contribution >= 4 is 38.9 Å². The van der Waals surface area contributed by atoms with Crippen LogP contribution in [0.2, 0.25) is 5.02 Å². The van der Waals surface area contributed by atoms with E-state index in [1.807, 2.05) is 30.3 Å². The van der Waals surface area contributed by atoms with E-state index in [2.05, 4.69) is 0 Å². The number of aliphatic carboxylic acids is 1. The Hall–Kier alpha value is -2.23. The van der Waals surface area contributed by atoms with Crippen LogP contribution in [0, 0.1) is 0 Å². The van der Waals surface area contributed by atoms with Gasteiger partial charge in [-0.05, 0) is 48.2 Å². The van der Waals surface area contributed by atoms with Crippen LogP contribution in [0.25, 0.3) is 10.4 Å². The first-order valence-electron chi connectivity index (χ1n) is 10.1. The first-order chi connectivity index (χ1) is 15.3. The highest BCUT2D eigenvalue weighted by atomic mass is 35.5. The SMILES string of the molecule is O=C(O)[C@@]1(N(CCCO)S(=O)(=O)c2ccc(-c3ccc(Cl)cc3)s2)C[C@@H]1c1ccccc1. The van der Waals surface area contributed by atoms with Crippen LogP contribution in [0.4, 0.5) is 0 Å². The number of sulfonamides is 1. The third kappa shape index (κ3) is 4.09. The highest BCUT2D eigenvalue weighted by Crippen LogP contribution is 2.57. The summed E-state index contributed by atoms with van der Waals surface area (Å²) in [7, 11) is -4.12. The van der Waals surface area contributed by atoms with E-state index in [4.69, 9.17) is 11.6 Å². The Bertz CT molecular complexity index is 1210. The molecule has 0 unspecified atom stereocenters. The number of benzene rings is 2. The number of carbonyl (C=O) groups is 1. The van der Waals surface area contributed by atoms with Crippen LogP contribution >= 0.6 is 22.9 Å². The fourth-order valence-electron chi connectivity index (χ4n) is 4.04. The molecule has 6 nitrogen and oxygen atoms in total. The quantitative estimate of drug-likeness (QED) is 0.461. The Kier molecular flexibility index (Phi) is 6.42. The van der Waals surface area contributed by atoms with Crippen LogP contribution in [0.5, 0.6) is 0 Å². The van der Waals surface area contributed by atoms with Crippen molar-refractivity contribution in [3.05, 3.63) is 77.3 Å². The number of hydrogen-bond donors (Lipinski definition) is 2. The lowest BCUT2D eigenvalue weighted by Gasteiger charge is -2.28. The summed E-state index contributed by atoms with van der Waals surface area (Å²) in [4.78, 5) is 13.2. The number of halogens is 1. The van der Waals surface area contributed by atoms with Crippen molar-refractivity contribution in [1.29, 1.82) is 0 Å². The largest absolute Gasteiger partial charge is 0.480 e. The fraction of sp³-hybridized carbons (Fsp3) is 0.261. The number of carboxylic acid groups (broad SMARTS) is 1. The maximum Gasteiger partial charge on any atom is 0.325 e. The molecule has 2 aromatic carbocycles. The van der Waals surface area contributed by atoms with Gasteiger partial charge in [0.15, 0.2) is 0 Å². The Morgan fingerprint density at radius 3 is 2.41 bits per heavy atom. The predicted molar refractivity (Wildman–Crippen MR) is 125 cm³/mol. The lowest BCUT2D eigenvalue weighted by atomic mass is 10.1. The second kappa shape index (κ2) is 8.96. The average molecular weight is 492 g/mol. The summed E-state index contributed by atoms with van der Waals surface area (Å²) < 4.78 is 28.5. The topological polar surface area (TPSA) is 94.9 Å². The molecule has 168 valence electrons. The van der Waals surface area contributed by atoms with Crippen LogP contribution in [0.15, 0.2) is 70.9 Å². The molecule has 1 aliphatic carbocycles. The van der Waals surface area contributed by atoms with Crippen molar-refractivity contribution in [3.8, 4) is 10.4 Å². The molecule has 1 heterocycles. The molecule has 0 aliphatic heterocycles. The predicted octanol–water partition coefficient (Wildman–Crippen LogP) is 4.45. The minimum Gasteiger partial charge on any atom is -0.480 e. The second-order valence-electron chi connectivity index (χ2n) is 7.68. The zero-order valence-corrected chi connectivity index (χ0v) is 19.4. The lowest BCUT2D eigenvalue weighted by Crippen LogP contribution is -2.48. The van der Waals surface area contributed by atoms with Crippen molar-refractivity contribution in [2.75, 3.05) is 13.2 Å². The van der Waals surface area contributed by atoms with Crippen LogP contribution in [0.3, 0.4) is 0 Å². The molecule has 1 aromatic heterocycles. The number of hydrogen-bond acceptors (Lipinski definition) is 5. The van der Waals surface area contributed by atoms with E-state index < -0.39 is 27.4 Å². The maximum atomic E-state index is 13.7. The monoisotopic (exact) mass is 491 g/mol. The van der Waals surface area contributed by atoms with E-state index in [0.717, 1.165) is 31.6 Å². The Morgan fingerprint density at radius 2 is 1.78 bits per heavy atom. The molecule has 2 N–H and O–H groups in total. The summed E-state index contributed by atoms with van der Waals surface area (Å²) in [6.45, 7) is -0.319. The van der Waals surface area contributed by atoms with Gasteiger partial charge in [0.1, 0.15) is 9.75 Å². The molecule has 4 rings (SSSR count). The fourth-order valence-corrected chi connectivity index (χ4v) is 7.40. The molecule has 0 amide bonds. The molecule has 1 aliphatic rings. The molecule has 0 spiro atoms. The van der Waals surface area contributed by atoms with E-state index in [-0.39, 0.29) is 30.2 Å². The van der Waals surface area contributed by atoms with Crippen LogP contribution in [-0.2, 0) is 14.8 Å². The summed E-state index contributed by atoms with van der Waals surface area (Å²) in [6, 6.07) is 19.4. The molecule has 32 heavy (non-hydrogen) atoms. The standard InChI is InChI=1S/C23H22ClNO5S2/c24-18-9-7-17(8-10-18)20-11-12-21(31-20)32(29,30)25(13-4-14-26)23(22(27)28)15-19(23)16-5-2-1-3-6-16/h1-3,5-12,19,26H,4,13-15H2,(H,27,28)/t19-,23-/m1/s1. The van der Waals surface area contributed by atoms with Gasteiger partial charge in [-0.15, -0.1) is 11.3 Å². The summed E-state index contributed by atoms with van der Waals surface area (Å²) >= 11 is 7.03. The van der Waals surface area contributed by atoms with Crippen LogP contribution in [-0.4, -0.2) is 47.6 Å². The molecular formula is C23H22ClNO5S2. The Balaban J connectivity index is 1.72. The molecular weight excluding hydrogens is 470 g/mol. The molecule has 1 saturated carbocycles. The summed E-state index contributed by atoms with van der Waals surface area (Å²) in [5, 5.41) is 20.1. The normalized spacial score (nSPS) is 20.4. The smallest absolute Gasteiger partial charge is 0.325 e. The van der Waals surface area contributed by atoms with Gasteiger partial charge in [0, 0.05) is 29.0 Å². The molecule has 1 fully saturated rings. The maximum absolute atomic E-state index is 13.7. The van der Waals surface area contributed by atoms with Crippen LogP contribution < -0.4 is 0 Å². The van der Waals surface area contributed by atoms with Gasteiger partial charge in [0.25, 0.3) is 10.0 Å². The third-order valence-electron chi connectivity index (χ3n) is 5.72. The molecule has 0 radical (unpaired) electrons. The van der Waals surface area contributed by atoms with Crippen molar-refractivity contribution in [3.63, 3.8) is 0 Å². The minimum atomic E-state index is -4.12. The van der Waals surface area contributed by atoms with Crippen molar-refractivity contribution < 1.29 is 23.4 Å². The van der Waals surface area contributed by atoms with E-state index in [0.29, 0.717) is 5.02 Å². The molecule has 0 saturated heterocycles. The highest BCUT2D eigenvalue weighted by Gasteiger charge is 2.67. The molecule has 9 heteroatoms. The van der Waals surface area contributed by atoms with Gasteiger partial charge in [-0.2, -0.15) is 4.31 Å². The number of aliphatic hydroxyl groups excluding tert-OH is 1. The lowest BCUT2D eigenvalue weighted by molar-refractivity contribution is -0.143. The number of rotatable bonds is 9. The first kappa shape index (κ1) is 22.9. The molecule has 3 aromatic rings. The number of carboxylic acids is 1. The van der Waals surface area contributed by atoms with E-state index in [1.165, 1.54) is 6.07 Å². The van der Waals surface area contributed by atoms with Gasteiger partial charge >= 0.3 is 5.97 Å². The van der Waals surface area contributed by atoms with Crippen molar-refractivity contribution in [2.24, 2.45) is 0 Å². The number of aliphatic hydroxyl groups is 1.